The largest absolute Gasteiger partial charge is 0.772 e. The van der Waals surface area contributed by atoms with Crippen LogP contribution in [0.2, 0.25) is 0 Å². The van der Waals surface area contributed by atoms with Crippen molar-refractivity contribution in [3.63, 3.8) is 0 Å². The summed E-state index contributed by atoms with van der Waals surface area (Å²) in [5.41, 5.74) is 9.49. The first-order chi connectivity index (χ1) is 11.6. The third kappa shape index (κ3) is 3.24. The number of benzene rings is 2. The maximum absolute atomic E-state index is 10.7. The Hall–Kier alpha value is -2.84. The fourth-order valence-corrected chi connectivity index (χ4v) is 2.86. The van der Waals surface area contributed by atoms with Crippen LogP contribution in [0.1, 0.15) is 5.56 Å². The van der Waals surface area contributed by atoms with Gasteiger partial charge in [0.1, 0.15) is 0 Å². The van der Waals surface area contributed by atoms with Crippen molar-refractivity contribution < 1.29 is 13.6 Å². The number of nitrogens with two attached hydrogens (primary N) is 1. The van der Waals surface area contributed by atoms with Crippen LogP contribution in [0.3, 0.4) is 0 Å². The molecule has 0 aliphatic heterocycles. The van der Waals surface area contributed by atoms with Crippen molar-refractivity contribution in [3.05, 3.63) is 48.0 Å². The Balaban J connectivity index is 1.97. The van der Waals surface area contributed by atoms with Gasteiger partial charge in [0.15, 0.2) is 5.82 Å². The van der Waals surface area contributed by atoms with Gasteiger partial charge in [-0.2, -0.15) is 0 Å². The third-order valence-corrected chi connectivity index (χ3v) is 4.14. The lowest BCUT2D eigenvalue weighted by atomic mass is 10.0. The van der Waals surface area contributed by atoms with Crippen LogP contribution >= 0.6 is 0 Å². The van der Waals surface area contributed by atoms with Crippen LogP contribution < -0.4 is 11.1 Å². The van der Waals surface area contributed by atoms with E-state index in [0.29, 0.717) is 23.0 Å². The zero-order valence-electron chi connectivity index (χ0n) is 12.4. The maximum atomic E-state index is 10.7. The Morgan fingerprint density at radius 1 is 1.12 bits per heavy atom. The van der Waals surface area contributed by atoms with Crippen LogP contribution in [0, 0.1) is 0 Å². The van der Waals surface area contributed by atoms with Gasteiger partial charge in [-0.25, -0.2) is 0 Å². The minimum Gasteiger partial charge on any atom is -0.772 e. The molecule has 0 aliphatic rings. The molecule has 0 saturated carbocycles. The number of fused-ring (bicyclic) bond motifs is 1. The van der Waals surface area contributed by atoms with Crippen LogP contribution in [0.15, 0.2) is 42.5 Å². The molecule has 8 heteroatoms. The highest BCUT2D eigenvalue weighted by atomic mass is 32.2. The van der Waals surface area contributed by atoms with Crippen LogP contribution in [-0.4, -0.2) is 25.4 Å². The Morgan fingerprint density at radius 3 is 2.50 bits per heavy atom. The lowest BCUT2D eigenvalue weighted by molar-refractivity contribution is -0.105. The average Bonchev–Trinajstić information content (AvgIpc) is 2.57. The highest BCUT2D eigenvalue weighted by molar-refractivity contribution is 7.78. The number of amides is 1. The van der Waals surface area contributed by atoms with Gasteiger partial charge in [0.2, 0.25) is 6.41 Å². The summed E-state index contributed by atoms with van der Waals surface area (Å²) in [6.45, 7) is 0. The van der Waals surface area contributed by atoms with Gasteiger partial charge in [0.05, 0.1) is 11.2 Å². The molecule has 7 nitrogen and oxygen atoms in total. The topological polar surface area (TPSA) is 121 Å². The Morgan fingerprint density at radius 2 is 1.83 bits per heavy atom. The van der Waals surface area contributed by atoms with E-state index in [1.807, 2.05) is 30.3 Å². The number of nitrogen functional groups attached to an aromatic ring is 1. The van der Waals surface area contributed by atoms with Crippen molar-refractivity contribution in [3.8, 4) is 11.1 Å². The normalized spacial score (nSPS) is 12.0. The molecule has 24 heavy (non-hydrogen) atoms. The molecule has 3 rings (SSSR count). The third-order valence-electron chi connectivity index (χ3n) is 3.57. The maximum Gasteiger partial charge on any atom is 0.212 e. The first kappa shape index (κ1) is 16.0. The van der Waals surface area contributed by atoms with E-state index in [9.17, 15) is 13.6 Å². The molecular weight excluding hydrogens is 328 g/mol. The van der Waals surface area contributed by atoms with Gasteiger partial charge in [-0.1, -0.05) is 41.4 Å². The predicted octanol–water partition coefficient (Wildman–Crippen LogP) is 1.83. The summed E-state index contributed by atoms with van der Waals surface area (Å²) in [6, 6.07) is 12.8. The smallest absolute Gasteiger partial charge is 0.212 e. The molecule has 1 aromatic heterocycles. The fourth-order valence-electron chi connectivity index (χ4n) is 2.40. The van der Waals surface area contributed by atoms with Crippen molar-refractivity contribution in [1.29, 1.82) is 0 Å². The fraction of sp³-hybridized carbons (Fsp3) is 0.0625. The molecule has 3 aromatic rings. The zero-order chi connectivity index (χ0) is 17.1. The summed E-state index contributed by atoms with van der Waals surface area (Å²) in [5, 5.41) is 11.1. The van der Waals surface area contributed by atoms with Gasteiger partial charge in [-0.3, -0.25) is 9.00 Å². The monoisotopic (exact) mass is 341 g/mol. The highest BCUT2D eigenvalue weighted by Crippen LogP contribution is 2.29. The summed E-state index contributed by atoms with van der Waals surface area (Å²) in [6.07, 6.45) is 0.497. The quantitative estimate of drug-likeness (QED) is 0.539. The number of aromatic nitrogens is 2. The second kappa shape index (κ2) is 6.73. The van der Waals surface area contributed by atoms with E-state index < -0.39 is 11.1 Å². The van der Waals surface area contributed by atoms with Crippen molar-refractivity contribution >= 4 is 39.9 Å². The molecule has 0 saturated heterocycles. The number of hydrogen-bond donors (Lipinski definition) is 2. The molecule has 1 heterocycles. The number of nitrogens with one attached hydrogen (secondary N) is 1. The number of anilines is 2. The van der Waals surface area contributed by atoms with Crippen molar-refractivity contribution in [2.75, 3.05) is 11.1 Å². The van der Waals surface area contributed by atoms with Gasteiger partial charge in [0.25, 0.3) is 0 Å². The summed E-state index contributed by atoms with van der Waals surface area (Å²) >= 11 is -2.11. The minimum atomic E-state index is -2.11. The Kier molecular flexibility index (Phi) is 4.50. The van der Waals surface area contributed by atoms with Crippen molar-refractivity contribution in [1.82, 2.24) is 10.2 Å². The SMILES string of the molecule is Nc1c(NC=O)nnc2cc(-c3ccc(CS(=O)[O-])cc3)ccc12. The van der Waals surface area contributed by atoms with Crippen LogP contribution in [0.4, 0.5) is 11.5 Å². The minimum absolute atomic E-state index is 0.00742. The molecule has 0 bridgehead atoms. The van der Waals surface area contributed by atoms with E-state index in [2.05, 4.69) is 15.5 Å². The molecule has 1 amide bonds. The molecule has 1 unspecified atom stereocenters. The lowest BCUT2D eigenvalue weighted by Crippen LogP contribution is -2.04. The first-order valence-corrected chi connectivity index (χ1v) is 8.24. The van der Waals surface area contributed by atoms with Crippen LogP contribution in [-0.2, 0) is 21.6 Å². The molecule has 3 N–H and O–H groups in total. The number of carbonyl (C=O) groups excluding carboxylic acids is 1. The standard InChI is InChI=1S/C16H14N4O3S/c17-15-13-6-5-12(7-14(13)19-20-16(15)18-9-21)11-3-1-10(2-4-11)8-24(22)23/h1-7,9H,8H2,(H2,17,19)(H,22,23)(H,18,20,21)/p-1. The Bertz CT molecular complexity index is 929. The summed E-state index contributed by atoms with van der Waals surface area (Å²) in [4.78, 5) is 10.5. The summed E-state index contributed by atoms with van der Waals surface area (Å²) in [5.74, 6) is 0.215. The van der Waals surface area contributed by atoms with E-state index in [0.717, 1.165) is 16.7 Å². The predicted molar refractivity (Wildman–Crippen MR) is 91.7 cm³/mol. The van der Waals surface area contributed by atoms with Crippen molar-refractivity contribution in [2.45, 2.75) is 5.75 Å². The molecule has 0 fully saturated rings. The number of rotatable bonds is 5. The molecule has 1 atom stereocenters. The molecule has 2 aromatic carbocycles. The van der Waals surface area contributed by atoms with Gasteiger partial charge in [-0.15, -0.1) is 10.2 Å². The first-order valence-electron chi connectivity index (χ1n) is 7.00. The lowest BCUT2D eigenvalue weighted by Gasteiger charge is -2.09. The highest BCUT2D eigenvalue weighted by Gasteiger charge is 2.08. The van der Waals surface area contributed by atoms with E-state index >= 15 is 0 Å². The molecule has 0 radical (unpaired) electrons. The van der Waals surface area contributed by atoms with Crippen molar-refractivity contribution in [2.24, 2.45) is 0 Å². The summed E-state index contributed by atoms with van der Waals surface area (Å²) in [7, 11) is 0. The van der Waals surface area contributed by atoms with Gasteiger partial charge < -0.3 is 15.6 Å². The Labute approximate surface area is 140 Å². The number of nitrogens with zero attached hydrogens (tertiary/aromatic N) is 2. The molecule has 0 spiro atoms. The average molecular weight is 341 g/mol. The van der Waals surface area contributed by atoms with Crippen LogP contribution in [0.5, 0.6) is 0 Å². The van der Waals surface area contributed by atoms with E-state index in [1.54, 1.807) is 12.1 Å². The molecule has 0 aliphatic carbocycles. The van der Waals surface area contributed by atoms with Gasteiger partial charge >= 0.3 is 0 Å². The second-order valence-electron chi connectivity index (χ2n) is 5.10. The van der Waals surface area contributed by atoms with Gasteiger partial charge in [-0.05, 0) is 28.8 Å². The van der Waals surface area contributed by atoms with Gasteiger partial charge in [0, 0.05) is 11.1 Å². The number of hydrogen-bond acceptors (Lipinski definition) is 6. The molecular formula is C16H13N4O3S-. The summed E-state index contributed by atoms with van der Waals surface area (Å²) < 4.78 is 21.4. The second-order valence-corrected chi connectivity index (χ2v) is 6.00. The van der Waals surface area contributed by atoms with E-state index in [4.69, 9.17) is 5.73 Å². The zero-order valence-corrected chi connectivity index (χ0v) is 13.2. The molecule has 122 valence electrons. The number of carbonyl (C=O) groups is 1. The van der Waals surface area contributed by atoms with E-state index in [1.165, 1.54) is 0 Å². The van der Waals surface area contributed by atoms with Crippen LogP contribution in [0.25, 0.3) is 22.0 Å². The van der Waals surface area contributed by atoms with E-state index in [-0.39, 0.29) is 11.6 Å².